The van der Waals surface area contributed by atoms with Crippen LogP contribution in [-0.4, -0.2) is 36.8 Å². The molecule has 0 aliphatic rings. The van der Waals surface area contributed by atoms with Crippen LogP contribution >= 0.6 is 11.6 Å². The first-order valence-electron chi connectivity index (χ1n) is 6.26. The van der Waals surface area contributed by atoms with Crippen molar-refractivity contribution in [1.82, 2.24) is 9.97 Å². The summed E-state index contributed by atoms with van der Waals surface area (Å²) >= 11 is 6.17. The summed E-state index contributed by atoms with van der Waals surface area (Å²) in [5, 5.41) is 0.542. The Morgan fingerprint density at radius 2 is 2.06 bits per heavy atom. The Kier molecular flexibility index (Phi) is 5.82. The second-order valence-electron chi connectivity index (χ2n) is 4.54. The SMILES string of the molecule is CCCc1nc(Cl)c(C)c(N(C)C(C)COC)n1. The lowest BCUT2D eigenvalue weighted by molar-refractivity contribution is 0.183. The van der Waals surface area contributed by atoms with Crippen molar-refractivity contribution in [2.45, 2.75) is 39.7 Å². The molecule has 0 amide bonds. The lowest BCUT2D eigenvalue weighted by Gasteiger charge is -2.27. The molecule has 1 aromatic heterocycles. The number of hydrogen-bond donors (Lipinski definition) is 0. The van der Waals surface area contributed by atoms with Crippen LogP contribution in [0, 0.1) is 6.92 Å². The van der Waals surface area contributed by atoms with E-state index in [1.165, 1.54) is 0 Å². The van der Waals surface area contributed by atoms with E-state index < -0.39 is 0 Å². The molecule has 102 valence electrons. The zero-order chi connectivity index (χ0) is 13.7. The molecule has 1 unspecified atom stereocenters. The Balaban J connectivity index is 3.05. The number of halogens is 1. The molecule has 1 aromatic rings. The summed E-state index contributed by atoms with van der Waals surface area (Å²) in [4.78, 5) is 11.0. The van der Waals surface area contributed by atoms with Gasteiger partial charge >= 0.3 is 0 Å². The monoisotopic (exact) mass is 271 g/mol. The number of ether oxygens (including phenoxy) is 1. The lowest BCUT2D eigenvalue weighted by Crippen LogP contribution is -2.34. The molecule has 18 heavy (non-hydrogen) atoms. The molecule has 4 nitrogen and oxygen atoms in total. The molecule has 0 fully saturated rings. The maximum Gasteiger partial charge on any atom is 0.137 e. The van der Waals surface area contributed by atoms with Gasteiger partial charge in [0.25, 0.3) is 0 Å². The molecule has 1 rings (SSSR count). The highest BCUT2D eigenvalue weighted by atomic mass is 35.5. The number of anilines is 1. The predicted octanol–water partition coefficient (Wildman–Crippen LogP) is 2.86. The second kappa shape index (κ2) is 6.90. The van der Waals surface area contributed by atoms with Crippen molar-refractivity contribution in [2.24, 2.45) is 0 Å². The molecular weight excluding hydrogens is 250 g/mol. The molecule has 0 aromatic carbocycles. The number of aromatic nitrogens is 2. The van der Waals surface area contributed by atoms with Gasteiger partial charge in [0, 0.05) is 26.1 Å². The Morgan fingerprint density at radius 1 is 1.39 bits per heavy atom. The van der Waals surface area contributed by atoms with Gasteiger partial charge in [-0.3, -0.25) is 0 Å². The summed E-state index contributed by atoms with van der Waals surface area (Å²) in [5.74, 6) is 1.70. The molecule has 0 saturated carbocycles. The van der Waals surface area contributed by atoms with Gasteiger partial charge in [-0.2, -0.15) is 0 Å². The molecule has 0 aliphatic heterocycles. The van der Waals surface area contributed by atoms with Crippen molar-refractivity contribution in [1.29, 1.82) is 0 Å². The molecule has 0 aliphatic carbocycles. The highest BCUT2D eigenvalue weighted by molar-refractivity contribution is 6.30. The van der Waals surface area contributed by atoms with Crippen molar-refractivity contribution in [3.8, 4) is 0 Å². The van der Waals surface area contributed by atoms with Crippen molar-refractivity contribution in [3.05, 3.63) is 16.5 Å². The van der Waals surface area contributed by atoms with Gasteiger partial charge in [-0.15, -0.1) is 0 Å². The molecular formula is C13H22ClN3O. The van der Waals surface area contributed by atoms with Crippen LogP contribution in [0.25, 0.3) is 0 Å². The normalized spacial score (nSPS) is 12.6. The van der Waals surface area contributed by atoms with Crippen molar-refractivity contribution in [3.63, 3.8) is 0 Å². The van der Waals surface area contributed by atoms with E-state index in [2.05, 4.69) is 28.7 Å². The topological polar surface area (TPSA) is 38.2 Å². The van der Waals surface area contributed by atoms with E-state index in [1.54, 1.807) is 7.11 Å². The molecule has 0 radical (unpaired) electrons. The first kappa shape index (κ1) is 15.2. The van der Waals surface area contributed by atoms with E-state index >= 15 is 0 Å². The van der Waals surface area contributed by atoms with E-state index in [0.29, 0.717) is 11.8 Å². The largest absolute Gasteiger partial charge is 0.383 e. The number of rotatable bonds is 6. The molecule has 1 atom stereocenters. The predicted molar refractivity (Wildman–Crippen MR) is 75.5 cm³/mol. The summed E-state index contributed by atoms with van der Waals surface area (Å²) < 4.78 is 5.18. The first-order chi connectivity index (χ1) is 8.51. The van der Waals surface area contributed by atoms with Crippen LogP contribution in [0.5, 0.6) is 0 Å². The highest BCUT2D eigenvalue weighted by Crippen LogP contribution is 2.24. The second-order valence-corrected chi connectivity index (χ2v) is 4.90. The fourth-order valence-corrected chi connectivity index (χ4v) is 1.94. The van der Waals surface area contributed by atoms with E-state index in [-0.39, 0.29) is 6.04 Å². The number of methoxy groups -OCH3 is 1. The van der Waals surface area contributed by atoms with Gasteiger partial charge in [0.05, 0.1) is 12.6 Å². The summed E-state index contributed by atoms with van der Waals surface area (Å²) in [6.07, 6.45) is 1.86. The third-order valence-corrected chi connectivity index (χ3v) is 3.35. The summed E-state index contributed by atoms with van der Waals surface area (Å²) in [6.45, 7) is 6.80. The van der Waals surface area contributed by atoms with Crippen LogP contribution in [0.2, 0.25) is 5.15 Å². The van der Waals surface area contributed by atoms with Crippen LogP contribution < -0.4 is 4.90 Å². The number of aryl methyl sites for hydroxylation is 1. The van der Waals surface area contributed by atoms with Crippen molar-refractivity contribution < 1.29 is 4.74 Å². The average molecular weight is 272 g/mol. The Bertz CT molecular complexity index is 398. The number of hydrogen-bond acceptors (Lipinski definition) is 4. The van der Waals surface area contributed by atoms with Crippen LogP contribution in [0.1, 0.15) is 31.7 Å². The van der Waals surface area contributed by atoms with Gasteiger partial charge in [-0.1, -0.05) is 18.5 Å². The maximum absolute atomic E-state index is 6.17. The zero-order valence-corrected chi connectivity index (χ0v) is 12.6. The van der Waals surface area contributed by atoms with Crippen LogP contribution in [0.3, 0.4) is 0 Å². The van der Waals surface area contributed by atoms with Crippen molar-refractivity contribution in [2.75, 3.05) is 25.7 Å². The van der Waals surface area contributed by atoms with E-state index in [9.17, 15) is 0 Å². The molecule has 5 heteroatoms. The fraction of sp³-hybridized carbons (Fsp3) is 0.692. The van der Waals surface area contributed by atoms with Gasteiger partial charge in [-0.05, 0) is 20.3 Å². The number of likely N-dealkylation sites (N-methyl/N-ethyl adjacent to an activating group) is 1. The van der Waals surface area contributed by atoms with Gasteiger partial charge in [0.15, 0.2) is 0 Å². The fourth-order valence-electron chi connectivity index (χ4n) is 1.76. The molecule has 1 heterocycles. The smallest absolute Gasteiger partial charge is 0.137 e. The third kappa shape index (κ3) is 3.56. The Labute approximate surface area is 114 Å². The zero-order valence-electron chi connectivity index (χ0n) is 11.8. The van der Waals surface area contributed by atoms with Crippen LogP contribution in [-0.2, 0) is 11.2 Å². The van der Waals surface area contributed by atoms with E-state index in [1.807, 2.05) is 14.0 Å². The van der Waals surface area contributed by atoms with Gasteiger partial charge in [0.1, 0.15) is 16.8 Å². The minimum absolute atomic E-state index is 0.245. The Hall–Kier alpha value is -0.870. The summed E-state index contributed by atoms with van der Waals surface area (Å²) in [6, 6.07) is 0.245. The lowest BCUT2D eigenvalue weighted by atomic mass is 10.2. The molecule has 0 spiro atoms. The molecule has 0 bridgehead atoms. The van der Waals surface area contributed by atoms with E-state index in [4.69, 9.17) is 16.3 Å². The van der Waals surface area contributed by atoms with Gasteiger partial charge in [0.2, 0.25) is 0 Å². The number of nitrogens with zero attached hydrogens (tertiary/aromatic N) is 3. The summed E-state index contributed by atoms with van der Waals surface area (Å²) in [5.41, 5.74) is 0.918. The van der Waals surface area contributed by atoms with Gasteiger partial charge < -0.3 is 9.64 Å². The third-order valence-electron chi connectivity index (χ3n) is 2.98. The molecule has 0 saturated heterocycles. The quantitative estimate of drug-likeness (QED) is 0.746. The average Bonchev–Trinajstić information content (AvgIpc) is 2.33. The standard InChI is InChI=1S/C13H22ClN3O/c1-6-7-11-15-12(14)10(3)13(16-11)17(4)9(2)8-18-5/h9H,6-8H2,1-5H3. The highest BCUT2D eigenvalue weighted by Gasteiger charge is 2.17. The first-order valence-corrected chi connectivity index (χ1v) is 6.63. The minimum atomic E-state index is 0.245. The van der Waals surface area contributed by atoms with Crippen LogP contribution in [0.15, 0.2) is 0 Å². The minimum Gasteiger partial charge on any atom is -0.383 e. The Morgan fingerprint density at radius 3 is 2.61 bits per heavy atom. The molecule has 0 N–H and O–H groups in total. The summed E-state index contributed by atoms with van der Waals surface area (Å²) in [7, 11) is 3.71. The van der Waals surface area contributed by atoms with Gasteiger partial charge in [-0.25, -0.2) is 9.97 Å². The maximum atomic E-state index is 6.17. The van der Waals surface area contributed by atoms with Crippen molar-refractivity contribution >= 4 is 17.4 Å². The van der Waals surface area contributed by atoms with Crippen LogP contribution in [0.4, 0.5) is 5.82 Å². The van der Waals surface area contributed by atoms with E-state index in [0.717, 1.165) is 30.0 Å².